The molecule has 0 heterocycles. The number of phenolic OH excluding ortho intramolecular Hbond substituents is 4. The van der Waals surface area contributed by atoms with Crippen molar-refractivity contribution in [3.05, 3.63) is 72.8 Å². The molecule has 4 aromatic rings. The van der Waals surface area contributed by atoms with E-state index in [0.717, 1.165) is 10.8 Å². The van der Waals surface area contributed by atoms with Crippen molar-refractivity contribution in [2.45, 2.75) is 0 Å². The maximum absolute atomic E-state index is 9.41. The molecule has 28 heavy (non-hydrogen) atoms. The summed E-state index contributed by atoms with van der Waals surface area (Å²) in [5, 5.41) is 61.9. The largest absolute Gasteiger partial charge is 0.631 e. The summed E-state index contributed by atoms with van der Waals surface area (Å²) in [7, 11) is -2.17. The van der Waals surface area contributed by atoms with Crippen LogP contribution in [0.3, 0.4) is 0 Å². The van der Waals surface area contributed by atoms with Crippen LogP contribution >= 0.6 is 0 Å². The molecule has 7 N–H and O–H groups in total. The Hall–Kier alpha value is -3.46. The van der Waals surface area contributed by atoms with E-state index >= 15 is 0 Å². The second-order valence-electron chi connectivity index (χ2n) is 5.66. The first-order valence-electron chi connectivity index (χ1n) is 8.15. The molecule has 0 atom stereocenters. The molecule has 0 aliphatic rings. The maximum atomic E-state index is 9.41. The lowest BCUT2D eigenvalue weighted by molar-refractivity contribution is 0.278. The molecule has 0 spiro atoms. The fraction of sp³-hybridized carbons (Fsp3) is 0. The summed E-state index contributed by atoms with van der Waals surface area (Å²) in [6.07, 6.45) is 0. The molecular weight excluding hydrogens is 363 g/mol. The third kappa shape index (κ3) is 5.27. The van der Waals surface area contributed by atoms with E-state index in [1.807, 2.05) is 36.4 Å². The van der Waals surface area contributed by atoms with Gasteiger partial charge in [-0.1, -0.05) is 60.7 Å². The fourth-order valence-electron chi connectivity index (χ4n) is 2.49. The van der Waals surface area contributed by atoms with Gasteiger partial charge in [-0.05, 0) is 22.9 Å². The number of hydrogen-bond donors (Lipinski definition) is 7. The quantitative estimate of drug-likeness (QED) is 0.183. The zero-order chi connectivity index (χ0) is 20.7. The Morgan fingerprint density at radius 3 is 1.14 bits per heavy atom. The van der Waals surface area contributed by atoms with Crippen molar-refractivity contribution in [1.29, 1.82) is 0 Å². The highest BCUT2D eigenvalue weighted by Gasteiger charge is 2.03. The van der Waals surface area contributed by atoms with Crippen LogP contribution < -0.4 is 0 Å². The summed E-state index contributed by atoms with van der Waals surface area (Å²) >= 11 is 0. The Labute approximate surface area is 160 Å². The normalized spacial score (nSPS) is 9.82. The Morgan fingerprint density at radius 2 is 0.786 bits per heavy atom. The number of hydrogen-bond acceptors (Lipinski definition) is 7. The third-order valence-electron chi connectivity index (χ3n) is 3.76. The lowest BCUT2D eigenvalue weighted by Crippen LogP contribution is -2.07. The van der Waals surface area contributed by atoms with Crippen LogP contribution in [-0.4, -0.2) is 42.8 Å². The van der Waals surface area contributed by atoms with Gasteiger partial charge in [0.2, 0.25) is 0 Å². The first kappa shape index (κ1) is 20.9. The van der Waals surface area contributed by atoms with E-state index in [2.05, 4.69) is 0 Å². The predicted octanol–water partition coefficient (Wildman–Crippen LogP) is 2.45. The highest BCUT2D eigenvalue weighted by molar-refractivity contribution is 6.30. The van der Waals surface area contributed by atoms with Crippen molar-refractivity contribution in [2.75, 3.05) is 0 Å². The summed E-state index contributed by atoms with van der Waals surface area (Å²) in [6, 6.07) is 21.2. The monoisotopic (exact) mass is 382 g/mol. The van der Waals surface area contributed by atoms with Crippen LogP contribution in [0.25, 0.3) is 21.5 Å². The maximum Gasteiger partial charge on any atom is 0.631 e. The summed E-state index contributed by atoms with van der Waals surface area (Å²) in [5.41, 5.74) is 0. The first-order valence-corrected chi connectivity index (χ1v) is 8.15. The van der Waals surface area contributed by atoms with Crippen molar-refractivity contribution in [1.82, 2.24) is 0 Å². The van der Waals surface area contributed by atoms with Gasteiger partial charge in [-0.2, -0.15) is 0 Å². The molecule has 8 heteroatoms. The summed E-state index contributed by atoms with van der Waals surface area (Å²) in [4.78, 5) is 0. The minimum atomic E-state index is -2.17. The van der Waals surface area contributed by atoms with E-state index in [9.17, 15) is 10.2 Å². The molecule has 0 amide bonds. The topological polar surface area (TPSA) is 142 Å². The number of phenols is 4. The molecule has 0 aromatic heterocycles. The lowest BCUT2D eigenvalue weighted by atomic mass is 10.1. The van der Waals surface area contributed by atoms with Crippen LogP contribution in [0.1, 0.15) is 0 Å². The average molecular weight is 382 g/mol. The zero-order valence-corrected chi connectivity index (χ0v) is 14.6. The van der Waals surface area contributed by atoms with Gasteiger partial charge in [-0.3, -0.25) is 0 Å². The third-order valence-corrected chi connectivity index (χ3v) is 3.76. The molecule has 0 radical (unpaired) electrons. The molecule has 0 saturated carbocycles. The Kier molecular flexibility index (Phi) is 7.05. The average Bonchev–Trinajstić information content (AvgIpc) is 2.68. The van der Waals surface area contributed by atoms with Crippen molar-refractivity contribution in [3.63, 3.8) is 0 Å². The van der Waals surface area contributed by atoms with E-state index in [1.54, 1.807) is 24.3 Å². The van der Waals surface area contributed by atoms with E-state index in [0.29, 0.717) is 10.8 Å². The van der Waals surface area contributed by atoms with Gasteiger partial charge in [0.25, 0.3) is 0 Å². The van der Waals surface area contributed by atoms with Crippen LogP contribution in [0, 0.1) is 0 Å². The minimum Gasteiger partial charge on any atom is -0.504 e. The Balaban J connectivity index is 0.000000169. The van der Waals surface area contributed by atoms with Crippen molar-refractivity contribution in [2.24, 2.45) is 0 Å². The fourth-order valence-corrected chi connectivity index (χ4v) is 2.49. The second kappa shape index (κ2) is 9.47. The van der Waals surface area contributed by atoms with Crippen LogP contribution in [0.2, 0.25) is 0 Å². The lowest BCUT2D eigenvalue weighted by Gasteiger charge is -2.01. The highest BCUT2D eigenvalue weighted by atomic mass is 16.5. The second-order valence-corrected chi connectivity index (χ2v) is 5.66. The van der Waals surface area contributed by atoms with Gasteiger partial charge in [0.15, 0.2) is 23.0 Å². The number of benzene rings is 4. The number of aromatic hydroxyl groups is 4. The number of rotatable bonds is 0. The zero-order valence-electron chi connectivity index (χ0n) is 14.6. The van der Waals surface area contributed by atoms with E-state index in [4.69, 9.17) is 25.3 Å². The van der Waals surface area contributed by atoms with Gasteiger partial charge in [0.05, 0.1) is 0 Å². The highest BCUT2D eigenvalue weighted by Crippen LogP contribution is 2.33. The molecule has 0 fully saturated rings. The van der Waals surface area contributed by atoms with E-state index in [-0.39, 0.29) is 23.0 Å². The molecule has 0 bridgehead atoms. The number of fused-ring (bicyclic) bond motifs is 2. The predicted molar refractivity (Wildman–Crippen MR) is 107 cm³/mol. The molecule has 0 aliphatic heterocycles. The summed E-state index contributed by atoms with van der Waals surface area (Å²) in [6.45, 7) is 0. The summed E-state index contributed by atoms with van der Waals surface area (Å²) < 4.78 is 0. The van der Waals surface area contributed by atoms with Crippen LogP contribution in [0.4, 0.5) is 0 Å². The minimum absolute atomic E-state index is 0.0481. The van der Waals surface area contributed by atoms with Crippen molar-refractivity contribution >= 4 is 28.9 Å². The Morgan fingerprint density at radius 1 is 0.464 bits per heavy atom. The van der Waals surface area contributed by atoms with E-state index < -0.39 is 7.32 Å². The van der Waals surface area contributed by atoms with Crippen molar-refractivity contribution < 1.29 is 35.5 Å². The summed E-state index contributed by atoms with van der Waals surface area (Å²) in [5.74, 6) is -0.247. The molecule has 0 unspecified atom stereocenters. The van der Waals surface area contributed by atoms with Gasteiger partial charge in [0, 0.05) is 10.8 Å². The molecule has 7 nitrogen and oxygen atoms in total. The smallest absolute Gasteiger partial charge is 0.504 e. The molecule has 144 valence electrons. The Bertz CT molecular complexity index is 981. The van der Waals surface area contributed by atoms with Gasteiger partial charge >= 0.3 is 7.32 Å². The molecule has 4 aromatic carbocycles. The van der Waals surface area contributed by atoms with Crippen molar-refractivity contribution in [3.8, 4) is 23.0 Å². The standard InChI is InChI=1S/2C10H8O2.BH3O3/c2*11-9-6-5-7-3-1-2-4-8(7)10(9)12;2-1(3)4/h2*1-6,11-12H;2-4H. The van der Waals surface area contributed by atoms with E-state index in [1.165, 1.54) is 12.1 Å². The molecule has 0 aliphatic carbocycles. The van der Waals surface area contributed by atoms with Crippen LogP contribution in [0.5, 0.6) is 23.0 Å². The van der Waals surface area contributed by atoms with Gasteiger partial charge in [0.1, 0.15) is 0 Å². The van der Waals surface area contributed by atoms with Gasteiger partial charge < -0.3 is 35.5 Å². The first-order chi connectivity index (χ1) is 13.3. The molecular formula is C20H19BO7. The molecule has 4 rings (SSSR count). The SMILES string of the molecule is OB(O)O.Oc1ccc2ccccc2c1O.Oc1ccc2ccccc2c1O. The van der Waals surface area contributed by atoms with Gasteiger partial charge in [-0.25, -0.2) is 0 Å². The molecule has 0 saturated heterocycles. The van der Waals surface area contributed by atoms with Crippen LogP contribution in [0.15, 0.2) is 72.8 Å². The van der Waals surface area contributed by atoms with Gasteiger partial charge in [-0.15, -0.1) is 0 Å². The van der Waals surface area contributed by atoms with Crippen LogP contribution in [-0.2, 0) is 0 Å².